The van der Waals surface area contributed by atoms with Crippen LogP contribution in [0.5, 0.6) is 5.75 Å². The highest BCUT2D eigenvalue weighted by Gasteiger charge is 2.36. The largest absolute Gasteiger partial charge is 0.481 e. The number of carbonyl (C=O) groups excluding carboxylic acids is 3. The summed E-state index contributed by atoms with van der Waals surface area (Å²) < 4.78 is 5.91. The molecule has 30 heavy (non-hydrogen) atoms. The smallest absolute Gasteiger partial charge is 0.341 e. The Balaban J connectivity index is 1.75. The number of amides is 3. The first kappa shape index (κ1) is 21.6. The molecule has 0 saturated carbocycles. The molecule has 1 aliphatic heterocycles. The Morgan fingerprint density at radius 3 is 2.60 bits per heavy atom. The standard InChI is InChI=1S/C20H15BrN2O6S/c21-13-6-7-15(29-11-18(25)26)12(8-13)9-16-19(27)23(20(28)30-16)10-17(24)22-14-4-2-1-3-5-14/h1-9H,10-11H2,(H,22,24)(H,25,26)/b16-9+. The first-order chi connectivity index (χ1) is 14.3. The minimum atomic E-state index is -1.14. The second-order valence-corrected chi connectivity index (χ2v) is 7.96. The molecule has 0 unspecified atom stereocenters. The number of aliphatic carboxylic acids is 1. The minimum Gasteiger partial charge on any atom is -0.481 e. The van der Waals surface area contributed by atoms with Crippen LogP contribution >= 0.6 is 27.7 Å². The summed E-state index contributed by atoms with van der Waals surface area (Å²) in [6.07, 6.45) is 1.43. The number of imide groups is 1. The summed E-state index contributed by atoms with van der Waals surface area (Å²) in [6, 6.07) is 13.5. The average molecular weight is 491 g/mol. The Bertz CT molecular complexity index is 1040. The summed E-state index contributed by atoms with van der Waals surface area (Å²) in [4.78, 5) is 48.9. The third-order valence-electron chi connectivity index (χ3n) is 3.84. The van der Waals surface area contributed by atoms with Crippen molar-refractivity contribution in [1.82, 2.24) is 4.90 Å². The van der Waals surface area contributed by atoms with E-state index in [4.69, 9.17) is 9.84 Å². The van der Waals surface area contributed by atoms with Gasteiger partial charge in [0.15, 0.2) is 6.61 Å². The Morgan fingerprint density at radius 2 is 1.90 bits per heavy atom. The average Bonchev–Trinajstić information content (AvgIpc) is 2.95. The van der Waals surface area contributed by atoms with Gasteiger partial charge in [0.2, 0.25) is 5.91 Å². The van der Waals surface area contributed by atoms with E-state index in [0.29, 0.717) is 27.5 Å². The van der Waals surface area contributed by atoms with Crippen molar-refractivity contribution in [3.05, 3.63) is 63.5 Å². The summed E-state index contributed by atoms with van der Waals surface area (Å²) in [6.45, 7) is -0.971. The summed E-state index contributed by atoms with van der Waals surface area (Å²) in [7, 11) is 0. The molecule has 0 spiro atoms. The van der Waals surface area contributed by atoms with Gasteiger partial charge in [0.25, 0.3) is 11.1 Å². The van der Waals surface area contributed by atoms with Crippen molar-refractivity contribution in [2.75, 3.05) is 18.5 Å². The molecular weight excluding hydrogens is 476 g/mol. The lowest BCUT2D eigenvalue weighted by atomic mass is 10.2. The van der Waals surface area contributed by atoms with Gasteiger partial charge >= 0.3 is 5.97 Å². The molecule has 0 atom stereocenters. The number of carboxylic acid groups (broad SMARTS) is 1. The number of ether oxygens (including phenoxy) is 1. The highest BCUT2D eigenvalue weighted by molar-refractivity contribution is 9.10. The lowest BCUT2D eigenvalue weighted by Crippen LogP contribution is -2.36. The Hall–Kier alpha value is -3.11. The molecule has 1 heterocycles. The van der Waals surface area contributed by atoms with Crippen molar-refractivity contribution < 1.29 is 29.0 Å². The molecule has 2 aromatic carbocycles. The van der Waals surface area contributed by atoms with Gasteiger partial charge in [0.05, 0.1) is 4.91 Å². The Morgan fingerprint density at radius 1 is 1.17 bits per heavy atom. The fourth-order valence-electron chi connectivity index (χ4n) is 2.55. The van der Waals surface area contributed by atoms with Crippen molar-refractivity contribution in [1.29, 1.82) is 0 Å². The molecule has 154 valence electrons. The number of carboxylic acids is 1. The highest BCUT2D eigenvalue weighted by atomic mass is 79.9. The predicted molar refractivity (Wildman–Crippen MR) is 115 cm³/mol. The van der Waals surface area contributed by atoms with Crippen LogP contribution < -0.4 is 10.1 Å². The molecule has 3 rings (SSSR count). The maximum absolute atomic E-state index is 12.7. The second kappa shape index (κ2) is 9.59. The van der Waals surface area contributed by atoms with E-state index < -0.39 is 36.2 Å². The molecule has 0 aromatic heterocycles. The number of nitrogens with one attached hydrogen (secondary N) is 1. The van der Waals surface area contributed by atoms with E-state index in [0.717, 1.165) is 4.90 Å². The number of thioether (sulfide) groups is 1. The van der Waals surface area contributed by atoms with E-state index in [9.17, 15) is 19.2 Å². The zero-order chi connectivity index (χ0) is 21.7. The molecular formula is C20H15BrN2O6S. The fraction of sp³-hybridized carbons (Fsp3) is 0.100. The molecule has 1 saturated heterocycles. The number of hydrogen-bond acceptors (Lipinski definition) is 6. The molecule has 0 radical (unpaired) electrons. The maximum Gasteiger partial charge on any atom is 0.341 e. The third-order valence-corrected chi connectivity index (χ3v) is 5.24. The predicted octanol–water partition coefficient (Wildman–Crippen LogP) is 3.59. The van der Waals surface area contributed by atoms with E-state index in [2.05, 4.69) is 21.2 Å². The highest BCUT2D eigenvalue weighted by Crippen LogP contribution is 2.34. The summed E-state index contributed by atoms with van der Waals surface area (Å²) in [5.74, 6) is -2.02. The van der Waals surface area contributed by atoms with E-state index in [-0.39, 0.29) is 10.7 Å². The molecule has 0 bridgehead atoms. The molecule has 1 fully saturated rings. The Labute approximate surface area is 184 Å². The van der Waals surface area contributed by atoms with Crippen molar-refractivity contribution in [3.63, 3.8) is 0 Å². The van der Waals surface area contributed by atoms with Gasteiger partial charge in [-0.15, -0.1) is 0 Å². The number of nitrogens with zero attached hydrogens (tertiary/aromatic N) is 1. The van der Waals surface area contributed by atoms with Crippen LogP contribution in [-0.2, 0) is 14.4 Å². The van der Waals surface area contributed by atoms with Crippen LogP contribution in [0.4, 0.5) is 10.5 Å². The lowest BCUT2D eigenvalue weighted by Gasteiger charge is -2.12. The molecule has 2 N–H and O–H groups in total. The van der Waals surface area contributed by atoms with Crippen molar-refractivity contribution >= 4 is 62.5 Å². The van der Waals surface area contributed by atoms with Crippen LogP contribution in [-0.4, -0.2) is 46.2 Å². The zero-order valence-corrected chi connectivity index (χ0v) is 17.7. The number of para-hydroxylation sites is 1. The maximum atomic E-state index is 12.7. The van der Waals surface area contributed by atoms with Crippen LogP contribution in [0.3, 0.4) is 0 Å². The van der Waals surface area contributed by atoms with Gasteiger partial charge in [-0.3, -0.25) is 19.3 Å². The fourth-order valence-corrected chi connectivity index (χ4v) is 3.75. The summed E-state index contributed by atoms with van der Waals surface area (Å²) in [5, 5.41) is 10.9. The molecule has 3 amide bonds. The quantitative estimate of drug-likeness (QED) is 0.570. The first-order valence-electron chi connectivity index (χ1n) is 8.58. The summed E-state index contributed by atoms with van der Waals surface area (Å²) in [5.41, 5.74) is 0.976. The van der Waals surface area contributed by atoms with Crippen molar-refractivity contribution in [3.8, 4) is 5.75 Å². The van der Waals surface area contributed by atoms with Gasteiger partial charge in [-0.05, 0) is 48.2 Å². The molecule has 0 aliphatic carbocycles. The third kappa shape index (κ3) is 5.49. The van der Waals surface area contributed by atoms with E-state index in [1.165, 1.54) is 6.08 Å². The first-order valence-corrected chi connectivity index (χ1v) is 10.2. The Kier molecular flexibility index (Phi) is 6.91. The van der Waals surface area contributed by atoms with Gasteiger partial charge < -0.3 is 15.2 Å². The lowest BCUT2D eigenvalue weighted by molar-refractivity contribution is -0.139. The topological polar surface area (TPSA) is 113 Å². The van der Waals surface area contributed by atoms with E-state index in [1.807, 2.05) is 0 Å². The zero-order valence-electron chi connectivity index (χ0n) is 15.3. The van der Waals surface area contributed by atoms with Crippen LogP contribution in [0.25, 0.3) is 6.08 Å². The molecule has 1 aliphatic rings. The van der Waals surface area contributed by atoms with Gasteiger partial charge in [-0.1, -0.05) is 34.1 Å². The number of hydrogen-bond donors (Lipinski definition) is 2. The van der Waals surface area contributed by atoms with Crippen molar-refractivity contribution in [2.24, 2.45) is 0 Å². The van der Waals surface area contributed by atoms with Crippen LogP contribution in [0.1, 0.15) is 5.56 Å². The molecule has 8 nitrogen and oxygen atoms in total. The summed E-state index contributed by atoms with van der Waals surface area (Å²) >= 11 is 4.00. The monoisotopic (exact) mass is 490 g/mol. The molecule has 2 aromatic rings. The van der Waals surface area contributed by atoms with E-state index in [1.54, 1.807) is 48.5 Å². The number of halogens is 1. The number of carbonyl (C=O) groups is 4. The van der Waals surface area contributed by atoms with Gasteiger partial charge in [0.1, 0.15) is 12.3 Å². The van der Waals surface area contributed by atoms with Gasteiger partial charge in [-0.2, -0.15) is 0 Å². The number of rotatable bonds is 7. The van der Waals surface area contributed by atoms with Crippen LogP contribution in [0.15, 0.2) is 57.9 Å². The van der Waals surface area contributed by atoms with Crippen LogP contribution in [0.2, 0.25) is 0 Å². The second-order valence-electron chi connectivity index (χ2n) is 6.05. The SMILES string of the molecule is O=C(O)COc1ccc(Br)cc1/C=C1/SC(=O)N(CC(=O)Nc2ccccc2)C1=O. The van der Waals surface area contributed by atoms with Gasteiger partial charge in [0, 0.05) is 15.7 Å². The van der Waals surface area contributed by atoms with E-state index >= 15 is 0 Å². The van der Waals surface area contributed by atoms with Crippen molar-refractivity contribution in [2.45, 2.75) is 0 Å². The number of benzene rings is 2. The molecule has 10 heteroatoms. The minimum absolute atomic E-state index is 0.103. The van der Waals surface area contributed by atoms with Crippen LogP contribution in [0, 0.1) is 0 Å². The normalized spacial score (nSPS) is 14.8. The number of anilines is 1. The van der Waals surface area contributed by atoms with Gasteiger partial charge in [-0.25, -0.2) is 4.79 Å².